The van der Waals surface area contributed by atoms with Crippen LogP contribution in [0.2, 0.25) is 0 Å². The molecule has 0 spiro atoms. The molecule has 12 heteroatoms. The lowest BCUT2D eigenvalue weighted by Gasteiger charge is -2.20. The Kier molecular flexibility index (Phi) is 13.5. The highest BCUT2D eigenvalue weighted by atomic mass is 79.9. The number of halogens is 2. The van der Waals surface area contributed by atoms with Crippen LogP contribution in [0.25, 0.3) is 5.52 Å². The molecule has 0 unspecified atom stereocenters. The number of aliphatic carboxylic acids is 2. The number of carbonyl (C=O) groups excluding carboxylic acids is 1. The van der Waals surface area contributed by atoms with E-state index in [4.69, 9.17) is 24.5 Å². The lowest BCUT2D eigenvalue weighted by atomic mass is 10.0. The molecule has 0 saturated carbocycles. The molecule has 0 atom stereocenters. The van der Waals surface area contributed by atoms with Gasteiger partial charge in [0, 0.05) is 22.8 Å². The maximum absolute atomic E-state index is 13.6. The average molecular weight is 698 g/mol. The van der Waals surface area contributed by atoms with Gasteiger partial charge in [-0.2, -0.15) is 0 Å². The van der Waals surface area contributed by atoms with E-state index in [2.05, 4.69) is 50.6 Å². The zero-order valence-electron chi connectivity index (χ0n) is 23.2. The van der Waals surface area contributed by atoms with Gasteiger partial charge in [-0.3, -0.25) is 4.79 Å². The van der Waals surface area contributed by atoms with Gasteiger partial charge in [0.1, 0.15) is 5.75 Å². The molecule has 0 amide bonds. The summed E-state index contributed by atoms with van der Waals surface area (Å²) in [7, 11) is 0. The van der Waals surface area contributed by atoms with Gasteiger partial charge in [0.25, 0.3) is 0 Å². The Hall–Kier alpha value is -3.22. The molecule has 0 aliphatic rings. The van der Waals surface area contributed by atoms with Crippen LogP contribution < -0.4 is 4.74 Å². The molecule has 2 aromatic heterocycles. The van der Waals surface area contributed by atoms with Crippen molar-refractivity contribution in [3.8, 4) is 5.75 Å². The van der Waals surface area contributed by atoms with E-state index >= 15 is 0 Å². The van der Waals surface area contributed by atoms with Crippen molar-refractivity contribution < 1.29 is 39.2 Å². The maximum Gasteiger partial charge on any atom is 0.414 e. The molecule has 0 aliphatic carbocycles. The van der Waals surface area contributed by atoms with Crippen LogP contribution in [0.15, 0.2) is 45.5 Å². The Morgan fingerprint density at radius 3 is 2.02 bits per heavy atom. The first kappa shape index (κ1) is 34.0. The van der Waals surface area contributed by atoms with Gasteiger partial charge in [-0.25, -0.2) is 14.4 Å². The first-order valence-electron chi connectivity index (χ1n) is 13.2. The second kappa shape index (κ2) is 16.3. The van der Waals surface area contributed by atoms with E-state index in [9.17, 15) is 14.7 Å². The van der Waals surface area contributed by atoms with E-state index in [1.54, 1.807) is 28.8 Å². The minimum Gasteiger partial charge on any atom is -0.492 e. The molecular weight excluding hydrogens is 664 g/mol. The second-order valence-corrected chi connectivity index (χ2v) is 10.7. The molecular formula is C29H34Br2N2O8. The lowest BCUT2D eigenvalue weighted by molar-refractivity contribution is -0.159. The second-order valence-electron chi connectivity index (χ2n) is 9.10. The Labute approximate surface area is 255 Å². The van der Waals surface area contributed by atoms with E-state index in [1.807, 2.05) is 13.0 Å². The molecule has 2 heterocycles. The summed E-state index contributed by atoms with van der Waals surface area (Å²) in [6, 6.07) is 8.48. The fraction of sp³-hybridized carbons (Fsp3) is 0.379. The van der Waals surface area contributed by atoms with E-state index in [-0.39, 0.29) is 11.3 Å². The summed E-state index contributed by atoms with van der Waals surface area (Å²) in [4.78, 5) is 45.6. The van der Waals surface area contributed by atoms with Crippen LogP contribution in [0.4, 0.5) is 0 Å². The minimum atomic E-state index is -1.82. The Morgan fingerprint density at radius 1 is 0.878 bits per heavy atom. The van der Waals surface area contributed by atoms with Crippen LogP contribution in [0.1, 0.15) is 72.0 Å². The van der Waals surface area contributed by atoms with Crippen molar-refractivity contribution in [1.29, 1.82) is 0 Å². The number of benzene rings is 1. The molecule has 1 aromatic carbocycles. The molecule has 222 valence electrons. The first-order chi connectivity index (χ1) is 19.5. The number of aromatic carboxylic acids is 1. The quantitative estimate of drug-likeness (QED) is 0.111. The maximum atomic E-state index is 13.6. The summed E-state index contributed by atoms with van der Waals surface area (Å²) in [5, 5.41) is 24.1. The number of nitrogens with zero attached hydrogens (tertiary/aromatic N) is 2. The third kappa shape index (κ3) is 9.14. The van der Waals surface area contributed by atoms with Crippen LogP contribution >= 0.6 is 31.9 Å². The van der Waals surface area contributed by atoms with E-state index in [0.29, 0.717) is 35.6 Å². The standard InChI is InChI=1S/C27H32Br2N2O4.C2H2O4/c1-4-11-30(12-5-2)13-7-15-35-23-9-8-18(16-21(23)28)26(32)25-20(6-3)24(29)22-17-19(27(33)34)10-14-31(22)25;3-1(4)2(5)6/h8-10,14,16-17H,4-7,11-13,15H2,1-3H3,(H,33,34);(H,3,4)(H,5,6). The summed E-state index contributed by atoms with van der Waals surface area (Å²) >= 11 is 7.14. The average Bonchev–Trinajstić information content (AvgIpc) is 3.22. The van der Waals surface area contributed by atoms with Crippen molar-refractivity contribution in [3.63, 3.8) is 0 Å². The number of ketones is 1. The van der Waals surface area contributed by atoms with Gasteiger partial charge in [0.05, 0.1) is 27.9 Å². The molecule has 0 aliphatic heterocycles. The predicted molar refractivity (Wildman–Crippen MR) is 161 cm³/mol. The van der Waals surface area contributed by atoms with Crippen molar-refractivity contribution in [2.45, 2.75) is 46.5 Å². The highest BCUT2D eigenvalue weighted by molar-refractivity contribution is 9.11. The minimum absolute atomic E-state index is 0.132. The van der Waals surface area contributed by atoms with Crippen LogP contribution in [0.5, 0.6) is 5.75 Å². The summed E-state index contributed by atoms with van der Waals surface area (Å²) < 4.78 is 9.22. The van der Waals surface area contributed by atoms with Gasteiger partial charge in [-0.05, 0) is 107 Å². The van der Waals surface area contributed by atoms with Gasteiger partial charge in [0.2, 0.25) is 5.78 Å². The summed E-state index contributed by atoms with van der Waals surface area (Å²) in [6.07, 6.45) is 5.51. The Morgan fingerprint density at radius 2 is 1.51 bits per heavy atom. The number of hydrogen-bond acceptors (Lipinski definition) is 6. The Balaban J connectivity index is 0.000000883. The van der Waals surface area contributed by atoms with Crippen LogP contribution in [0.3, 0.4) is 0 Å². The molecule has 41 heavy (non-hydrogen) atoms. The normalized spacial score (nSPS) is 10.8. The van der Waals surface area contributed by atoms with Crippen molar-refractivity contribution in [3.05, 3.63) is 67.9 Å². The molecule has 0 bridgehead atoms. The van der Waals surface area contributed by atoms with Crippen molar-refractivity contribution in [2.24, 2.45) is 0 Å². The number of carboxylic acids is 3. The molecule has 0 radical (unpaired) electrons. The Bertz CT molecular complexity index is 1390. The van der Waals surface area contributed by atoms with Crippen LogP contribution in [0, 0.1) is 0 Å². The van der Waals surface area contributed by atoms with Crippen LogP contribution in [-0.4, -0.2) is 74.6 Å². The smallest absolute Gasteiger partial charge is 0.414 e. The van der Waals surface area contributed by atoms with Crippen molar-refractivity contribution in [1.82, 2.24) is 9.30 Å². The lowest BCUT2D eigenvalue weighted by Crippen LogP contribution is -2.27. The van der Waals surface area contributed by atoms with Crippen molar-refractivity contribution >= 4 is 61.1 Å². The largest absolute Gasteiger partial charge is 0.492 e. The highest BCUT2D eigenvalue weighted by Gasteiger charge is 2.23. The molecule has 10 nitrogen and oxygen atoms in total. The van der Waals surface area contributed by atoms with Gasteiger partial charge >= 0.3 is 17.9 Å². The number of hydrogen-bond donors (Lipinski definition) is 3. The predicted octanol–water partition coefficient (Wildman–Crippen LogP) is 6.00. The van der Waals surface area contributed by atoms with Gasteiger partial charge in [-0.15, -0.1) is 0 Å². The van der Waals surface area contributed by atoms with E-state index in [1.165, 1.54) is 6.07 Å². The van der Waals surface area contributed by atoms with Gasteiger partial charge in [0.15, 0.2) is 0 Å². The van der Waals surface area contributed by atoms with E-state index in [0.717, 1.165) is 53.4 Å². The van der Waals surface area contributed by atoms with Gasteiger partial charge < -0.3 is 29.4 Å². The molecule has 0 saturated heterocycles. The number of rotatable bonds is 13. The molecule has 0 fully saturated rings. The topological polar surface area (TPSA) is 146 Å². The number of carboxylic acid groups (broad SMARTS) is 3. The summed E-state index contributed by atoms with van der Waals surface area (Å²) in [5.41, 5.74) is 2.74. The monoisotopic (exact) mass is 696 g/mol. The highest BCUT2D eigenvalue weighted by Crippen LogP contribution is 2.33. The van der Waals surface area contributed by atoms with Gasteiger partial charge in [-0.1, -0.05) is 20.8 Å². The molecule has 3 N–H and O–H groups in total. The third-order valence-corrected chi connectivity index (χ3v) is 7.62. The third-order valence-electron chi connectivity index (χ3n) is 6.12. The van der Waals surface area contributed by atoms with Crippen molar-refractivity contribution in [2.75, 3.05) is 26.2 Å². The first-order valence-corrected chi connectivity index (χ1v) is 14.8. The molecule has 3 rings (SSSR count). The fourth-order valence-corrected chi connectivity index (χ4v) is 5.57. The number of carbonyl (C=O) groups is 4. The number of pyridine rings is 1. The van der Waals surface area contributed by atoms with Crippen LogP contribution in [-0.2, 0) is 16.0 Å². The SMILES string of the molecule is CCCN(CCC)CCCOc1ccc(C(=O)c2c(CC)c(Br)c3cc(C(=O)O)ccn23)cc1Br.O=C(O)C(=O)O. The number of ether oxygens (including phenoxy) is 1. The molecule has 3 aromatic rings. The summed E-state index contributed by atoms with van der Waals surface area (Å²) in [5.74, 6) is -4.07. The summed E-state index contributed by atoms with van der Waals surface area (Å²) in [6.45, 7) is 10.2. The number of fused-ring (bicyclic) bond motifs is 1. The zero-order valence-corrected chi connectivity index (χ0v) is 26.3. The number of aromatic nitrogens is 1. The fourth-order valence-electron chi connectivity index (χ4n) is 4.30. The van der Waals surface area contributed by atoms with E-state index < -0.39 is 17.9 Å². The zero-order chi connectivity index (χ0) is 30.7.